The molecule has 9 heteroatoms. The maximum Gasteiger partial charge on any atom is 0.335 e. The molecule has 0 radical (unpaired) electrons. The molecule has 2 aromatic rings. The van der Waals surface area contributed by atoms with E-state index in [0.717, 1.165) is 12.3 Å². The quantitative estimate of drug-likeness (QED) is 0.854. The van der Waals surface area contributed by atoms with Gasteiger partial charge in [-0.1, -0.05) is 6.07 Å². The first-order valence-electron chi connectivity index (χ1n) is 7.98. The number of hydrogen-bond acceptors (Lipinski definition) is 5. The van der Waals surface area contributed by atoms with E-state index in [2.05, 4.69) is 4.98 Å². The fourth-order valence-corrected chi connectivity index (χ4v) is 4.16. The molecule has 3 rings (SSSR count). The van der Waals surface area contributed by atoms with Crippen LogP contribution in [0.15, 0.2) is 47.6 Å². The summed E-state index contributed by atoms with van der Waals surface area (Å²) < 4.78 is 45.5. The highest BCUT2D eigenvalue weighted by Gasteiger charge is 2.31. The van der Waals surface area contributed by atoms with Crippen LogP contribution in [0.5, 0.6) is 5.75 Å². The molecule has 2 heterocycles. The molecule has 0 aliphatic carbocycles. The molecule has 1 aromatic heterocycles. The van der Waals surface area contributed by atoms with E-state index in [1.54, 1.807) is 12.1 Å². The van der Waals surface area contributed by atoms with Gasteiger partial charge < -0.3 is 9.84 Å². The van der Waals surface area contributed by atoms with Crippen LogP contribution >= 0.6 is 0 Å². The van der Waals surface area contributed by atoms with Crippen molar-refractivity contribution in [3.8, 4) is 5.75 Å². The van der Waals surface area contributed by atoms with Gasteiger partial charge >= 0.3 is 5.97 Å². The van der Waals surface area contributed by atoms with Crippen molar-refractivity contribution in [1.29, 1.82) is 0 Å². The smallest absolute Gasteiger partial charge is 0.335 e. The molecular weight excluding hydrogens is 363 g/mol. The van der Waals surface area contributed by atoms with Gasteiger partial charge in [-0.2, -0.15) is 4.31 Å². The number of nitrogens with zero attached hydrogens (tertiary/aromatic N) is 2. The molecule has 26 heavy (non-hydrogen) atoms. The summed E-state index contributed by atoms with van der Waals surface area (Å²) in [7, 11) is -3.88. The largest absolute Gasteiger partial charge is 0.490 e. The normalized spacial score (nSPS) is 16.3. The topological polar surface area (TPSA) is 96.8 Å². The van der Waals surface area contributed by atoms with Gasteiger partial charge in [-0.15, -0.1) is 0 Å². The summed E-state index contributed by atoms with van der Waals surface area (Å²) >= 11 is 0. The summed E-state index contributed by atoms with van der Waals surface area (Å²) in [4.78, 5) is 14.8. The van der Waals surface area contributed by atoms with Gasteiger partial charge in [0.1, 0.15) is 17.7 Å². The number of halogens is 1. The van der Waals surface area contributed by atoms with Crippen LogP contribution in [0.25, 0.3) is 0 Å². The van der Waals surface area contributed by atoms with Gasteiger partial charge in [-0.25, -0.2) is 22.6 Å². The molecule has 1 aliphatic rings. The van der Waals surface area contributed by atoms with E-state index in [-0.39, 0.29) is 29.8 Å². The first kappa shape index (κ1) is 18.3. The number of carboxylic acid groups (broad SMARTS) is 1. The summed E-state index contributed by atoms with van der Waals surface area (Å²) in [6, 6.07) is 8.08. The van der Waals surface area contributed by atoms with Gasteiger partial charge in [0.25, 0.3) is 10.0 Å². The Labute approximate surface area is 150 Å². The van der Waals surface area contributed by atoms with Gasteiger partial charge in [0.05, 0.1) is 5.56 Å². The van der Waals surface area contributed by atoms with Crippen LogP contribution in [0.2, 0.25) is 0 Å². The molecule has 1 N–H and O–H groups in total. The standard InChI is InChI=1S/C17H17FN2O5S/c18-13-2-1-3-15(11-13)25-14-5-8-20(9-6-14)26(23,24)16-10-12(17(21)22)4-7-19-16/h1-4,7,10-11,14H,5-6,8-9H2,(H,21,22). The van der Waals surface area contributed by atoms with E-state index in [1.165, 1.54) is 22.5 Å². The van der Waals surface area contributed by atoms with Gasteiger partial charge in [-0.3, -0.25) is 0 Å². The summed E-state index contributed by atoms with van der Waals surface area (Å²) in [5.74, 6) is -1.21. The van der Waals surface area contributed by atoms with Crippen LogP contribution < -0.4 is 4.74 Å². The molecule has 0 atom stereocenters. The number of aromatic carboxylic acids is 1. The summed E-state index contributed by atoms with van der Waals surface area (Å²) in [6.45, 7) is 0.419. The molecule has 1 aromatic carbocycles. The third-order valence-electron chi connectivity index (χ3n) is 4.09. The van der Waals surface area contributed by atoms with E-state index < -0.39 is 21.8 Å². The highest BCUT2D eigenvalue weighted by Crippen LogP contribution is 2.23. The summed E-state index contributed by atoms with van der Waals surface area (Å²) in [6.07, 6.45) is 1.82. The predicted octanol–water partition coefficient (Wildman–Crippen LogP) is 2.15. The van der Waals surface area contributed by atoms with Crippen LogP contribution in [0.3, 0.4) is 0 Å². The monoisotopic (exact) mass is 380 g/mol. The first-order chi connectivity index (χ1) is 12.4. The van der Waals surface area contributed by atoms with E-state index in [1.807, 2.05) is 0 Å². The zero-order chi connectivity index (χ0) is 18.7. The highest BCUT2D eigenvalue weighted by atomic mass is 32.2. The number of carboxylic acids is 1. The maximum absolute atomic E-state index is 13.2. The molecule has 1 saturated heterocycles. The Morgan fingerprint density at radius 1 is 1.23 bits per heavy atom. The minimum absolute atomic E-state index is 0.136. The minimum Gasteiger partial charge on any atom is -0.490 e. The van der Waals surface area contributed by atoms with Crippen molar-refractivity contribution in [2.75, 3.05) is 13.1 Å². The van der Waals surface area contributed by atoms with E-state index in [9.17, 15) is 17.6 Å². The molecule has 0 bridgehead atoms. The Balaban J connectivity index is 1.67. The molecule has 7 nitrogen and oxygen atoms in total. The second kappa shape index (κ2) is 7.38. The van der Waals surface area contributed by atoms with Crippen molar-refractivity contribution in [1.82, 2.24) is 9.29 Å². The Hall–Kier alpha value is -2.52. The molecule has 1 aliphatic heterocycles. The van der Waals surface area contributed by atoms with Gasteiger partial charge in [-0.05, 0) is 37.1 Å². The number of benzene rings is 1. The predicted molar refractivity (Wildman–Crippen MR) is 90.0 cm³/mol. The number of carbonyl (C=O) groups is 1. The first-order valence-corrected chi connectivity index (χ1v) is 9.42. The average molecular weight is 380 g/mol. The van der Waals surface area contributed by atoms with Crippen LogP contribution in [0.4, 0.5) is 4.39 Å². The maximum atomic E-state index is 13.2. The van der Waals surface area contributed by atoms with Crippen molar-refractivity contribution < 1.29 is 27.4 Å². The lowest BCUT2D eigenvalue weighted by Crippen LogP contribution is -2.42. The lowest BCUT2D eigenvalue weighted by Gasteiger charge is -2.31. The molecule has 0 amide bonds. The lowest BCUT2D eigenvalue weighted by atomic mass is 10.1. The Morgan fingerprint density at radius 2 is 1.96 bits per heavy atom. The zero-order valence-electron chi connectivity index (χ0n) is 13.7. The number of rotatable bonds is 5. The van der Waals surface area contributed by atoms with Gasteiger partial charge in [0.15, 0.2) is 5.03 Å². The molecule has 1 fully saturated rings. The van der Waals surface area contributed by atoms with Crippen LogP contribution in [0, 0.1) is 5.82 Å². The Morgan fingerprint density at radius 3 is 2.62 bits per heavy atom. The molecule has 0 saturated carbocycles. The highest BCUT2D eigenvalue weighted by molar-refractivity contribution is 7.89. The number of hydrogen-bond donors (Lipinski definition) is 1. The van der Waals surface area contributed by atoms with E-state index >= 15 is 0 Å². The number of ether oxygens (including phenoxy) is 1. The number of piperidine rings is 1. The zero-order valence-corrected chi connectivity index (χ0v) is 14.5. The number of aromatic nitrogens is 1. The van der Waals surface area contributed by atoms with E-state index in [4.69, 9.17) is 9.84 Å². The Kier molecular flexibility index (Phi) is 5.19. The summed E-state index contributed by atoms with van der Waals surface area (Å²) in [5.41, 5.74) is -0.136. The second-order valence-corrected chi connectivity index (χ2v) is 7.75. The fourth-order valence-electron chi connectivity index (χ4n) is 2.74. The van der Waals surface area contributed by atoms with Crippen molar-refractivity contribution in [2.45, 2.75) is 24.0 Å². The molecule has 138 valence electrons. The third kappa shape index (κ3) is 4.00. The van der Waals surface area contributed by atoms with Crippen molar-refractivity contribution >= 4 is 16.0 Å². The van der Waals surface area contributed by atoms with Crippen LogP contribution in [-0.4, -0.2) is 48.0 Å². The summed E-state index contributed by atoms with van der Waals surface area (Å²) in [5, 5.41) is 8.71. The van der Waals surface area contributed by atoms with Crippen LogP contribution in [-0.2, 0) is 10.0 Å². The molecule has 0 unspecified atom stereocenters. The SMILES string of the molecule is O=C(O)c1ccnc(S(=O)(=O)N2CCC(Oc3cccc(F)c3)CC2)c1. The second-order valence-electron chi connectivity index (χ2n) is 5.87. The van der Waals surface area contributed by atoms with Crippen molar-refractivity contribution in [2.24, 2.45) is 0 Å². The molecular formula is C17H17FN2O5S. The number of pyridine rings is 1. The van der Waals surface area contributed by atoms with E-state index in [0.29, 0.717) is 18.6 Å². The Bertz CT molecular complexity index is 911. The van der Waals surface area contributed by atoms with Crippen LogP contribution in [0.1, 0.15) is 23.2 Å². The number of sulfonamides is 1. The average Bonchev–Trinajstić information content (AvgIpc) is 2.62. The molecule has 0 spiro atoms. The van der Waals surface area contributed by atoms with Gasteiger partial charge in [0.2, 0.25) is 0 Å². The van der Waals surface area contributed by atoms with Gasteiger partial charge in [0, 0.05) is 25.4 Å². The van der Waals surface area contributed by atoms with Crippen molar-refractivity contribution in [3.63, 3.8) is 0 Å². The lowest BCUT2D eigenvalue weighted by molar-refractivity contribution is 0.0696. The van der Waals surface area contributed by atoms with Crippen molar-refractivity contribution in [3.05, 3.63) is 54.0 Å². The minimum atomic E-state index is -3.88. The third-order valence-corrected chi connectivity index (χ3v) is 5.88. The fraction of sp³-hybridized carbons (Fsp3) is 0.294.